The molecule has 4 rings (SSSR count). The number of hydrogen-bond donors (Lipinski definition) is 0. The molecule has 2 aromatic carbocycles. The van der Waals surface area contributed by atoms with E-state index >= 15 is 0 Å². The molecule has 0 bridgehead atoms. The van der Waals surface area contributed by atoms with Crippen molar-refractivity contribution in [2.75, 3.05) is 24.6 Å². The highest BCUT2D eigenvalue weighted by Gasteiger charge is 2.50. The van der Waals surface area contributed by atoms with Crippen LogP contribution >= 0.6 is 0 Å². The van der Waals surface area contributed by atoms with E-state index in [9.17, 15) is 14.0 Å². The van der Waals surface area contributed by atoms with Crippen LogP contribution < -0.4 is 4.90 Å². The van der Waals surface area contributed by atoms with Gasteiger partial charge in [-0.05, 0) is 37.1 Å². The molecule has 2 aromatic rings. The Morgan fingerprint density at radius 1 is 1.18 bits per heavy atom. The molecule has 6 heteroatoms. The number of hydrogen-bond acceptors (Lipinski definition) is 3. The van der Waals surface area contributed by atoms with Crippen molar-refractivity contribution in [1.29, 1.82) is 0 Å². The number of fused-ring (bicyclic) bond motifs is 1. The minimum Gasteiger partial charge on any atom is -0.361 e. The smallest absolute Gasteiger partial charge is 0.253 e. The number of amides is 2. The molecule has 2 amide bonds. The second kappa shape index (κ2) is 7.36. The number of piperidine rings is 1. The van der Waals surface area contributed by atoms with E-state index in [4.69, 9.17) is 4.74 Å². The number of carbonyl (C=O) groups excluding carboxylic acids is 2. The standard InChI is InChI=1S/C22H23FN2O3/c1-22-15-24(20(26)13-16-7-5-6-10-18(16)23)12-11-19(22)25(21(27)14-28-22)17-8-3-2-4-9-17/h2-10,19H,11-15H2,1H3/t19-,22-/m1/s1. The highest BCUT2D eigenvalue weighted by molar-refractivity contribution is 5.96. The average Bonchev–Trinajstić information content (AvgIpc) is 2.70. The Kier molecular flexibility index (Phi) is 4.89. The molecule has 2 aliphatic heterocycles. The van der Waals surface area contributed by atoms with Crippen LogP contribution in [-0.2, 0) is 20.7 Å². The number of rotatable bonds is 3. The van der Waals surface area contributed by atoms with Gasteiger partial charge in [0.05, 0.1) is 19.0 Å². The van der Waals surface area contributed by atoms with Crippen molar-refractivity contribution in [3.05, 3.63) is 66.0 Å². The largest absolute Gasteiger partial charge is 0.361 e. The lowest BCUT2D eigenvalue weighted by Gasteiger charge is -2.52. The highest BCUT2D eigenvalue weighted by Crippen LogP contribution is 2.36. The minimum atomic E-state index is -0.660. The average molecular weight is 382 g/mol. The van der Waals surface area contributed by atoms with Crippen LogP contribution in [0.4, 0.5) is 10.1 Å². The SMILES string of the molecule is C[C@@]12CN(C(=O)Cc3ccccc3F)CC[C@H]1N(c1ccccc1)C(=O)CO2. The number of carbonyl (C=O) groups is 2. The molecule has 2 aliphatic rings. The van der Waals surface area contributed by atoms with Gasteiger partial charge in [-0.25, -0.2) is 4.39 Å². The normalized spacial score (nSPS) is 24.8. The first-order valence-corrected chi connectivity index (χ1v) is 9.50. The maximum absolute atomic E-state index is 13.9. The van der Waals surface area contributed by atoms with Crippen molar-refractivity contribution in [2.45, 2.75) is 31.4 Å². The van der Waals surface area contributed by atoms with Crippen molar-refractivity contribution in [3.63, 3.8) is 0 Å². The summed E-state index contributed by atoms with van der Waals surface area (Å²) in [5, 5.41) is 0. The molecule has 2 fully saturated rings. The summed E-state index contributed by atoms with van der Waals surface area (Å²) in [7, 11) is 0. The maximum Gasteiger partial charge on any atom is 0.253 e. The van der Waals surface area contributed by atoms with Crippen LogP contribution in [0.25, 0.3) is 0 Å². The predicted octanol–water partition coefficient (Wildman–Crippen LogP) is 2.79. The lowest BCUT2D eigenvalue weighted by molar-refractivity contribution is -0.158. The summed E-state index contributed by atoms with van der Waals surface area (Å²) in [6.45, 7) is 2.81. The zero-order valence-electron chi connectivity index (χ0n) is 15.8. The zero-order chi connectivity index (χ0) is 19.7. The van der Waals surface area contributed by atoms with Gasteiger partial charge in [-0.15, -0.1) is 0 Å². The molecule has 146 valence electrons. The highest BCUT2D eigenvalue weighted by atomic mass is 19.1. The van der Waals surface area contributed by atoms with E-state index in [1.54, 1.807) is 23.1 Å². The summed E-state index contributed by atoms with van der Waals surface area (Å²) in [5.74, 6) is -0.567. The molecule has 2 atom stereocenters. The van der Waals surface area contributed by atoms with E-state index in [0.717, 1.165) is 5.69 Å². The van der Waals surface area contributed by atoms with Gasteiger partial charge in [-0.2, -0.15) is 0 Å². The van der Waals surface area contributed by atoms with Gasteiger partial charge >= 0.3 is 0 Å². The monoisotopic (exact) mass is 382 g/mol. The lowest BCUT2D eigenvalue weighted by Crippen LogP contribution is -2.68. The van der Waals surface area contributed by atoms with Crippen LogP contribution in [-0.4, -0.2) is 48.1 Å². The second-order valence-electron chi connectivity index (χ2n) is 7.59. The summed E-state index contributed by atoms with van der Waals surface area (Å²) in [6, 6.07) is 15.8. The van der Waals surface area contributed by atoms with E-state index in [0.29, 0.717) is 25.1 Å². The molecule has 0 aliphatic carbocycles. The third-order valence-electron chi connectivity index (χ3n) is 5.67. The van der Waals surface area contributed by atoms with E-state index in [2.05, 4.69) is 0 Å². The summed E-state index contributed by atoms with van der Waals surface area (Å²) >= 11 is 0. The van der Waals surface area contributed by atoms with Gasteiger partial charge in [0.15, 0.2) is 0 Å². The van der Waals surface area contributed by atoms with E-state index < -0.39 is 5.60 Å². The summed E-state index contributed by atoms with van der Waals surface area (Å²) in [6.07, 6.45) is 0.634. The van der Waals surface area contributed by atoms with E-state index in [1.807, 2.05) is 42.2 Å². The molecular weight excluding hydrogens is 359 g/mol. The Hall–Kier alpha value is -2.73. The first kappa shape index (κ1) is 18.6. The molecule has 0 radical (unpaired) electrons. The van der Waals surface area contributed by atoms with Gasteiger partial charge in [-0.1, -0.05) is 36.4 Å². The summed E-state index contributed by atoms with van der Waals surface area (Å²) in [5.41, 5.74) is 0.580. The second-order valence-corrected chi connectivity index (χ2v) is 7.59. The lowest BCUT2D eigenvalue weighted by atomic mass is 9.85. The van der Waals surface area contributed by atoms with Crippen molar-refractivity contribution in [3.8, 4) is 0 Å². The molecule has 2 heterocycles. The van der Waals surface area contributed by atoms with Crippen LogP contribution in [0, 0.1) is 5.82 Å². The fourth-order valence-electron chi connectivity index (χ4n) is 4.20. The first-order chi connectivity index (χ1) is 13.5. The number of ether oxygens (including phenoxy) is 1. The molecule has 2 saturated heterocycles. The number of morpholine rings is 1. The molecule has 0 unspecified atom stereocenters. The molecule has 0 spiro atoms. The Labute approximate surface area is 163 Å². The Balaban J connectivity index is 1.52. The minimum absolute atomic E-state index is 0.0166. The number of benzene rings is 2. The van der Waals surface area contributed by atoms with Gasteiger partial charge in [0.1, 0.15) is 18.0 Å². The van der Waals surface area contributed by atoms with Crippen LogP contribution in [0.15, 0.2) is 54.6 Å². The Morgan fingerprint density at radius 3 is 2.64 bits per heavy atom. The zero-order valence-corrected chi connectivity index (χ0v) is 15.8. The third kappa shape index (κ3) is 3.40. The van der Waals surface area contributed by atoms with Gasteiger partial charge in [0.25, 0.3) is 5.91 Å². The van der Waals surface area contributed by atoms with Gasteiger partial charge in [0, 0.05) is 12.2 Å². The number of halogens is 1. The molecule has 0 aromatic heterocycles. The molecule has 28 heavy (non-hydrogen) atoms. The number of likely N-dealkylation sites (tertiary alicyclic amines) is 1. The molecule has 5 nitrogen and oxygen atoms in total. The predicted molar refractivity (Wildman–Crippen MR) is 103 cm³/mol. The number of nitrogens with zero attached hydrogens (tertiary/aromatic N) is 2. The number of para-hydroxylation sites is 1. The molecule has 0 N–H and O–H groups in total. The van der Waals surface area contributed by atoms with Gasteiger partial charge in [0.2, 0.25) is 5.91 Å². The quantitative estimate of drug-likeness (QED) is 0.820. The van der Waals surface area contributed by atoms with E-state index in [-0.39, 0.29) is 36.7 Å². The number of anilines is 1. The van der Waals surface area contributed by atoms with Crippen molar-refractivity contribution in [1.82, 2.24) is 4.90 Å². The van der Waals surface area contributed by atoms with Crippen molar-refractivity contribution in [2.24, 2.45) is 0 Å². The fourth-order valence-corrected chi connectivity index (χ4v) is 4.20. The molecular formula is C22H23FN2O3. The first-order valence-electron chi connectivity index (χ1n) is 9.50. The fraction of sp³-hybridized carbons (Fsp3) is 0.364. The Morgan fingerprint density at radius 2 is 1.89 bits per heavy atom. The van der Waals surface area contributed by atoms with Crippen LogP contribution in [0.3, 0.4) is 0 Å². The topological polar surface area (TPSA) is 49.9 Å². The molecule has 0 saturated carbocycles. The summed E-state index contributed by atoms with van der Waals surface area (Å²) in [4.78, 5) is 28.9. The van der Waals surface area contributed by atoms with E-state index in [1.165, 1.54) is 6.07 Å². The van der Waals surface area contributed by atoms with Crippen LogP contribution in [0.5, 0.6) is 0 Å². The van der Waals surface area contributed by atoms with Gasteiger partial charge in [-0.3, -0.25) is 9.59 Å². The maximum atomic E-state index is 13.9. The van der Waals surface area contributed by atoms with Crippen molar-refractivity contribution >= 4 is 17.5 Å². The van der Waals surface area contributed by atoms with Gasteiger partial charge < -0.3 is 14.5 Å². The Bertz CT molecular complexity index is 888. The third-order valence-corrected chi connectivity index (χ3v) is 5.67. The van der Waals surface area contributed by atoms with Crippen molar-refractivity contribution < 1.29 is 18.7 Å². The van der Waals surface area contributed by atoms with Crippen LogP contribution in [0.1, 0.15) is 18.9 Å². The van der Waals surface area contributed by atoms with Crippen LogP contribution in [0.2, 0.25) is 0 Å². The summed E-state index contributed by atoms with van der Waals surface area (Å²) < 4.78 is 19.8.